The van der Waals surface area contributed by atoms with Crippen LogP contribution in [0.5, 0.6) is 0 Å². The van der Waals surface area contributed by atoms with E-state index in [9.17, 15) is 0 Å². The van der Waals surface area contributed by atoms with Crippen LogP contribution in [0.3, 0.4) is 0 Å². The molecular formula is C11H23N3. The predicted molar refractivity (Wildman–Crippen MR) is 61.0 cm³/mol. The molecule has 0 unspecified atom stereocenters. The fourth-order valence-electron chi connectivity index (χ4n) is 2.06. The molecule has 0 aliphatic heterocycles. The maximum absolute atomic E-state index is 5.50. The van der Waals surface area contributed by atoms with E-state index in [4.69, 9.17) is 5.84 Å². The Kier molecular flexibility index (Phi) is 4.94. The van der Waals surface area contributed by atoms with Crippen molar-refractivity contribution in [1.82, 2.24) is 5.43 Å². The van der Waals surface area contributed by atoms with E-state index in [0.717, 1.165) is 24.7 Å². The summed E-state index contributed by atoms with van der Waals surface area (Å²) in [6, 6.07) is 0. The molecule has 1 saturated carbocycles. The number of rotatable bonds is 3. The van der Waals surface area contributed by atoms with Crippen molar-refractivity contribution < 1.29 is 0 Å². The highest BCUT2D eigenvalue weighted by atomic mass is 15.3. The van der Waals surface area contributed by atoms with Crippen molar-refractivity contribution in [3.63, 3.8) is 0 Å². The summed E-state index contributed by atoms with van der Waals surface area (Å²) in [5.41, 5.74) is 2.77. The molecule has 1 fully saturated rings. The first-order chi connectivity index (χ1) is 6.77. The molecule has 0 amide bonds. The SMILES string of the molecule is CCCN=C(NN)C1CCC(C)CC1. The van der Waals surface area contributed by atoms with Crippen LogP contribution < -0.4 is 11.3 Å². The molecule has 0 bridgehead atoms. The van der Waals surface area contributed by atoms with Crippen LogP contribution in [-0.4, -0.2) is 12.4 Å². The molecule has 0 aromatic carbocycles. The van der Waals surface area contributed by atoms with Crippen molar-refractivity contribution in [1.29, 1.82) is 0 Å². The van der Waals surface area contributed by atoms with E-state index in [-0.39, 0.29) is 0 Å². The van der Waals surface area contributed by atoms with Gasteiger partial charge in [-0.3, -0.25) is 4.99 Å². The molecule has 0 radical (unpaired) electrons. The van der Waals surface area contributed by atoms with Gasteiger partial charge in [-0.05, 0) is 25.2 Å². The molecule has 82 valence electrons. The van der Waals surface area contributed by atoms with Crippen molar-refractivity contribution in [2.45, 2.75) is 46.0 Å². The van der Waals surface area contributed by atoms with E-state index < -0.39 is 0 Å². The number of aliphatic imine (C=N–C) groups is 1. The Morgan fingerprint density at radius 2 is 2.00 bits per heavy atom. The number of hydrazine groups is 1. The zero-order valence-corrected chi connectivity index (χ0v) is 9.42. The van der Waals surface area contributed by atoms with Gasteiger partial charge in [-0.2, -0.15) is 0 Å². The summed E-state index contributed by atoms with van der Waals surface area (Å²) in [6.07, 6.45) is 6.21. The minimum Gasteiger partial charge on any atom is -0.312 e. The molecule has 0 aromatic heterocycles. The quantitative estimate of drug-likeness (QED) is 0.315. The van der Waals surface area contributed by atoms with Crippen LogP contribution >= 0.6 is 0 Å². The number of hydrogen-bond acceptors (Lipinski definition) is 2. The summed E-state index contributed by atoms with van der Waals surface area (Å²) in [6.45, 7) is 5.36. The highest BCUT2D eigenvalue weighted by Gasteiger charge is 2.21. The normalized spacial score (nSPS) is 28.9. The summed E-state index contributed by atoms with van der Waals surface area (Å²) in [7, 11) is 0. The number of hydrogen-bond donors (Lipinski definition) is 2. The Morgan fingerprint density at radius 3 is 2.50 bits per heavy atom. The maximum atomic E-state index is 5.50. The van der Waals surface area contributed by atoms with Crippen LogP contribution in [0, 0.1) is 11.8 Å². The number of amidine groups is 1. The molecule has 0 heterocycles. The predicted octanol–water partition coefficient (Wildman–Crippen LogP) is 2.08. The molecule has 1 aliphatic rings. The van der Waals surface area contributed by atoms with Gasteiger partial charge in [-0.15, -0.1) is 0 Å². The van der Waals surface area contributed by atoms with E-state index in [2.05, 4.69) is 24.3 Å². The Balaban J connectivity index is 2.44. The van der Waals surface area contributed by atoms with Gasteiger partial charge < -0.3 is 5.43 Å². The third-order valence-corrected chi connectivity index (χ3v) is 3.06. The van der Waals surface area contributed by atoms with Crippen molar-refractivity contribution in [2.75, 3.05) is 6.54 Å². The van der Waals surface area contributed by atoms with Gasteiger partial charge in [0.2, 0.25) is 0 Å². The maximum Gasteiger partial charge on any atom is 0.113 e. The first-order valence-electron chi connectivity index (χ1n) is 5.78. The lowest BCUT2D eigenvalue weighted by molar-refractivity contribution is 0.339. The van der Waals surface area contributed by atoms with Crippen LogP contribution in [0.2, 0.25) is 0 Å². The Labute approximate surface area is 87.1 Å². The van der Waals surface area contributed by atoms with E-state index in [1.807, 2.05) is 0 Å². The molecular weight excluding hydrogens is 174 g/mol. The van der Waals surface area contributed by atoms with Crippen LogP contribution in [0.25, 0.3) is 0 Å². The van der Waals surface area contributed by atoms with Gasteiger partial charge in [-0.1, -0.05) is 26.7 Å². The zero-order valence-electron chi connectivity index (χ0n) is 9.42. The molecule has 1 aliphatic carbocycles. The molecule has 14 heavy (non-hydrogen) atoms. The van der Waals surface area contributed by atoms with Gasteiger partial charge in [-0.25, -0.2) is 5.84 Å². The average molecular weight is 197 g/mol. The van der Waals surface area contributed by atoms with Crippen LogP contribution in [0.15, 0.2) is 4.99 Å². The van der Waals surface area contributed by atoms with E-state index in [1.54, 1.807) is 0 Å². The number of nitrogens with zero attached hydrogens (tertiary/aromatic N) is 1. The molecule has 0 atom stereocenters. The molecule has 0 aromatic rings. The van der Waals surface area contributed by atoms with Crippen molar-refractivity contribution >= 4 is 5.84 Å². The fourth-order valence-corrected chi connectivity index (χ4v) is 2.06. The molecule has 3 heteroatoms. The van der Waals surface area contributed by atoms with Crippen LogP contribution in [0.1, 0.15) is 46.0 Å². The largest absolute Gasteiger partial charge is 0.312 e. The second kappa shape index (κ2) is 6.02. The lowest BCUT2D eigenvalue weighted by Gasteiger charge is -2.26. The van der Waals surface area contributed by atoms with E-state index in [1.165, 1.54) is 25.7 Å². The smallest absolute Gasteiger partial charge is 0.113 e. The number of nitrogens with one attached hydrogen (secondary N) is 1. The first-order valence-corrected chi connectivity index (χ1v) is 5.78. The highest BCUT2D eigenvalue weighted by Crippen LogP contribution is 2.28. The second-order valence-electron chi connectivity index (χ2n) is 4.37. The van der Waals surface area contributed by atoms with Crippen molar-refractivity contribution in [3.05, 3.63) is 0 Å². The molecule has 3 nitrogen and oxygen atoms in total. The lowest BCUT2D eigenvalue weighted by atomic mass is 9.82. The summed E-state index contributed by atoms with van der Waals surface area (Å²) < 4.78 is 0. The summed E-state index contributed by atoms with van der Waals surface area (Å²) >= 11 is 0. The third-order valence-electron chi connectivity index (χ3n) is 3.06. The van der Waals surface area contributed by atoms with Gasteiger partial charge in [0.05, 0.1) is 0 Å². The third kappa shape index (κ3) is 3.29. The van der Waals surface area contributed by atoms with E-state index in [0.29, 0.717) is 5.92 Å². The van der Waals surface area contributed by atoms with Gasteiger partial charge >= 0.3 is 0 Å². The van der Waals surface area contributed by atoms with Gasteiger partial charge in [0.15, 0.2) is 0 Å². The topological polar surface area (TPSA) is 50.4 Å². The monoisotopic (exact) mass is 197 g/mol. The molecule has 1 rings (SSSR count). The summed E-state index contributed by atoms with van der Waals surface area (Å²) in [5, 5.41) is 0. The molecule has 0 saturated heterocycles. The highest BCUT2D eigenvalue weighted by molar-refractivity contribution is 5.84. The number of nitrogens with two attached hydrogens (primary N) is 1. The first kappa shape index (κ1) is 11.5. The minimum atomic E-state index is 0.586. The summed E-state index contributed by atoms with van der Waals surface area (Å²) in [4.78, 5) is 4.49. The zero-order chi connectivity index (χ0) is 10.4. The minimum absolute atomic E-state index is 0.586. The van der Waals surface area contributed by atoms with Crippen molar-refractivity contribution in [3.8, 4) is 0 Å². The molecule has 0 spiro atoms. The second-order valence-corrected chi connectivity index (χ2v) is 4.37. The Hall–Kier alpha value is -0.570. The fraction of sp³-hybridized carbons (Fsp3) is 0.909. The van der Waals surface area contributed by atoms with Crippen LogP contribution in [-0.2, 0) is 0 Å². The summed E-state index contributed by atoms with van der Waals surface area (Å²) in [5.74, 6) is 8.00. The standard InChI is InChI=1S/C11H23N3/c1-3-8-13-11(14-12)10-6-4-9(2)5-7-10/h9-10H,3-8,12H2,1-2H3,(H,13,14). The van der Waals surface area contributed by atoms with E-state index >= 15 is 0 Å². The van der Waals surface area contributed by atoms with Gasteiger partial charge in [0.1, 0.15) is 5.84 Å². The van der Waals surface area contributed by atoms with Gasteiger partial charge in [0.25, 0.3) is 0 Å². The Morgan fingerprint density at radius 1 is 1.36 bits per heavy atom. The Bertz CT molecular complexity index is 181. The average Bonchev–Trinajstić information content (AvgIpc) is 2.21. The molecule has 3 N–H and O–H groups in total. The van der Waals surface area contributed by atoms with Crippen molar-refractivity contribution in [2.24, 2.45) is 22.7 Å². The van der Waals surface area contributed by atoms with Gasteiger partial charge in [0, 0.05) is 12.5 Å². The lowest BCUT2D eigenvalue weighted by Crippen LogP contribution is -2.38. The van der Waals surface area contributed by atoms with Crippen LogP contribution in [0.4, 0.5) is 0 Å².